The number of nitrogens with zero attached hydrogens (tertiary/aromatic N) is 3. The van der Waals surface area contributed by atoms with Crippen molar-refractivity contribution in [1.29, 1.82) is 0 Å². The number of hydrogen-bond acceptors (Lipinski definition) is 3. The summed E-state index contributed by atoms with van der Waals surface area (Å²) in [5, 5.41) is -0.442. The maximum absolute atomic E-state index is 15.3. The van der Waals surface area contributed by atoms with Crippen molar-refractivity contribution in [3.63, 3.8) is 0 Å². The first-order valence-electron chi connectivity index (χ1n) is 11.2. The maximum Gasteiger partial charge on any atom is 0.399 e. The molecule has 0 N–H and O–H groups in total. The standard InChI is InChI=1S/C25H17BrF9N3O/c1-36(15-5-3-2-4-6-15)38(35)37-23(39)16-8-7-13(9-18(16)25(37,33)34)20(27)12-17(24(30,31)32)14-10-19(26)22(29)21(28)11-14/h3,5-12,17H,2,4H2,1H3/b20-12-. The molecular formula is C25H17BrF9N3O. The Labute approximate surface area is 224 Å². The highest BCUT2D eigenvalue weighted by Crippen LogP contribution is 2.45. The Morgan fingerprint density at radius 3 is 2.44 bits per heavy atom. The lowest BCUT2D eigenvalue weighted by Crippen LogP contribution is -2.52. The number of halogens is 10. The van der Waals surface area contributed by atoms with Crippen LogP contribution in [-0.2, 0) is 6.05 Å². The number of rotatable bonds is 6. The molecule has 1 heterocycles. The molecule has 208 valence electrons. The number of carbonyl (C=O) groups excluding carboxylic acids is 1. The van der Waals surface area contributed by atoms with Gasteiger partial charge in [-0.15, -0.1) is 0 Å². The van der Waals surface area contributed by atoms with Gasteiger partial charge in [-0.25, -0.2) is 13.2 Å². The number of carbonyl (C=O) groups is 1. The Balaban J connectivity index is 1.70. The van der Waals surface area contributed by atoms with Crippen molar-refractivity contribution in [1.82, 2.24) is 15.4 Å². The van der Waals surface area contributed by atoms with Crippen LogP contribution in [0.4, 0.5) is 39.6 Å². The van der Waals surface area contributed by atoms with E-state index in [1.807, 2.05) is 0 Å². The zero-order chi connectivity index (χ0) is 28.9. The molecule has 0 bridgehead atoms. The van der Waals surface area contributed by atoms with E-state index < -0.39 is 78.6 Å². The number of hydrazine groups is 2. The molecule has 14 heteroatoms. The molecule has 0 spiro atoms. The molecule has 39 heavy (non-hydrogen) atoms. The van der Waals surface area contributed by atoms with Crippen LogP contribution >= 0.6 is 15.9 Å². The second kappa shape index (κ2) is 10.4. The fourth-order valence-corrected chi connectivity index (χ4v) is 4.56. The molecule has 1 unspecified atom stereocenters. The summed E-state index contributed by atoms with van der Waals surface area (Å²) in [6.45, 7) is 0. The molecule has 2 aliphatic rings. The van der Waals surface area contributed by atoms with E-state index >= 15 is 17.7 Å². The van der Waals surface area contributed by atoms with E-state index in [1.165, 1.54) is 6.08 Å². The SMILES string of the molecule is CN(C1=CCCC=C1)N(F)N1C(=O)c2ccc(/C(F)=C/C(c3cc(F)c(F)c(Br)c3)C(F)(F)F)cc2C1(F)F. The number of allylic oxidation sites excluding steroid dienone is 4. The number of benzene rings is 2. The van der Waals surface area contributed by atoms with E-state index in [1.54, 1.807) is 12.2 Å². The summed E-state index contributed by atoms with van der Waals surface area (Å²) in [6, 6.07) is -1.57. The highest BCUT2D eigenvalue weighted by atomic mass is 79.9. The second-order valence-electron chi connectivity index (χ2n) is 8.62. The first-order chi connectivity index (χ1) is 18.1. The van der Waals surface area contributed by atoms with Crippen molar-refractivity contribution in [3.8, 4) is 0 Å². The van der Waals surface area contributed by atoms with Gasteiger partial charge >= 0.3 is 12.2 Å². The molecule has 1 aliphatic carbocycles. The van der Waals surface area contributed by atoms with Gasteiger partial charge in [-0.3, -0.25) is 9.80 Å². The van der Waals surface area contributed by atoms with Crippen molar-refractivity contribution in [2.24, 2.45) is 0 Å². The largest absolute Gasteiger partial charge is 0.399 e. The molecule has 0 aromatic heterocycles. The van der Waals surface area contributed by atoms with Gasteiger partial charge in [0, 0.05) is 12.6 Å². The lowest BCUT2D eigenvalue weighted by Gasteiger charge is -2.35. The first kappa shape index (κ1) is 28.7. The van der Waals surface area contributed by atoms with Crippen molar-refractivity contribution in [3.05, 3.63) is 98.7 Å². The minimum absolute atomic E-state index is 0.00461. The van der Waals surface area contributed by atoms with Crippen LogP contribution < -0.4 is 0 Å². The van der Waals surface area contributed by atoms with Gasteiger partial charge in [0.1, 0.15) is 11.7 Å². The number of amides is 1. The molecule has 0 saturated carbocycles. The minimum atomic E-state index is -5.18. The van der Waals surface area contributed by atoms with Crippen LogP contribution in [0, 0.1) is 11.6 Å². The summed E-state index contributed by atoms with van der Waals surface area (Å²) in [7, 11) is 1.09. The predicted octanol–water partition coefficient (Wildman–Crippen LogP) is 8.07. The summed E-state index contributed by atoms with van der Waals surface area (Å²) in [6.07, 6.45) is 0.665. The van der Waals surface area contributed by atoms with E-state index in [4.69, 9.17) is 0 Å². The zero-order valence-electron chi connectivity index (χ0n) is 19.7. The van der Waals surface area contributed by atoms with Crippen LogP contribution in [0.25, 0.3) is 5.83 Å². The van der Waals surface area contributed by atoms with E-state index in [2.05, 4.69) is 15.9 Å². The number of alkyl halides is 5. The molecule has 0 radical (unpaired) electrons. The molecule has 1 amide bonds. The summed E-state index contributed by atoms with van der Waals surface area (Å²) in [5.41, 5.74) is -3.30. The summed E-state index contributed by atoms with van der Waals surface area (Å²) >= 11 is 2.59. The molecule has 0 saturated heterocycles. The fourth-order valence-electron chi connectivity index (χ4n) is 4.11. The van der Waals surface area contributed by atoms with Crippen molar-refractivity contribution in [2.75, 3.05) is 7.05 Å². The fraction of sp³-hybridized carbons (Fsp3) is 0.240. The topological polar surface area (TPSA) is 26.8 Å². The predicted molar refractivity (Wildman–Crippen MR) is 126 cm³/mol. The van der Waals surface area contributed by atoms with Gasteiger partial charge < -0.3 is 0 Å². The Kier molecular flexibility index (Phi) is 7.65. The van der Waals surface area contributed by atoms with Gasteiger partial charge in [-0.1, -0.05) is 22.7 Å². The third-order valence-corrected chi connectivity index (χ3v) is 6.68. The first-order valence-corrected chi connectivity index (χ1v) is 12.0. The second-order valence-corrected chi connectivity index (χ2v) is 9.48. The lowest BCUT2D eigenvalue weighted by atomic mass is 9.95. The van der Waals surface area contributed by atoms with E-state index in [0.717, 1.165) is 19.2 Å². The molecule has 2 aromatic rings. The lowest BCUT2D eigenvalue weighted by molar-refractivity contribution is -0.342. The van der Waals surface area contributed by atoms with Crippen LogP contribution in [0.1, 0.15) is 45.8 Å². The normalized spacial score (nSPS) is 17.9. The van der Waals surface area contributed by atoms with Gasteiger partial charge in [0.2, 0.25) is 0 Å². The molecule has 2 aromatic carbocycles. The van der Waals surface area contributed by atoms with Gasteiger partial charge in [0.05, 0.1) is 26.6 Å². The van der Waals surface area contributed by atoms with E-state index in [0.29, 0.717) is 30.0 Å². The number of fused-ring (bicyclic) bond motifs is 1. The van der Waals surface area contributed by atoms with Gasteiger partial charge in [-0.05, 0) is 70.8 Å². The van der Waals surface area contributed by atoms with Crippen LogP contribution in [0.3, 0.4) is 0 Å². The van der Waals surface area contributed by atoms with Crippen molar-refractivity contribution < 1.29 is 44.4 Å². The molecule has 1 atom stereocenters. The van der Waals surface area contributed by atoms with E-state index in [9.17, 15) is 26.7 Å². The van der Waals surface area contributed by atoms with Crippen molar-refractivity contribution in [2.45, 2.75) is 31.0 Å². The average Bonchev–Trinajstić information content (AvgIpc) is 3.08. The molecule has 4 rings (SSSR count). The number of likely N-dealkylation sites (N-methyl/N-ethyl adjacent to an activating group) is 1. The quantitative estimate of drug-likeness (QED) is 0.107. The zero-order valence-corrected chi connectivity index (χ0v) is 21.3. The maximum atomic E-state index is 15.3. The molecule has 1 aliphatic heterocycles. The molecule has 0 fully saturated rings. The number of hydrogen-bond donors (Lipinski definition) is 0. The highest BCUT2D eigenvalue weighted by Gasteiger charge is 2.56. The smallest absolute Gasteiger partial charge is 0.267 e. The minimum Gasteiger partial charge on any atom is -0.267 e. The Hall–Kier alpha value is -3.26. The van der Waals surface area contributed by atoms with Crippen LogP contribution in [0.5, 0.6) is 0 Å². The highest BCUT2D eigenvalue weighted by molar-refractivity contribution is 9.10. The van der Waals surface area contributed by atoms with Crippen LogP contribution in [-0.4, -0.2) is 34.5 Å². The Morgan fingerprint density at radius 1 is 1.15 bits per heavy atom. The van der Waals surface area contributed by atoms with Gasteiger partial charge in [-0.2, -0.15) is 27.0 Å². The monoisotopic (exact) mass is 625 g/mol. The average molecular weight is 626 g/mol. The van der Waals surface area contributed by atoms with Gasteiger partial charge in [0.15, 0.2) is 11.6 Å². The Morgan fingerprint density at radius 2 is 1.85 bits per heavy atom. The summed E-state index contributed by atoms with van der Waals surface area (Å²) in [5.74, 6) is -8.99. The van der Waals surface area contributed by atoms with Crippen LogP contribution in [0.2, 0.25) is 0 Å². The summed E-state index contributed by atoms with van der Waals surface area (Å²) < 4.78 is 129. The van der Waals surface area contributed by atoms with Gasteiger partial charge in [0.25, 0.3) is 5.91 Å². The third kappa shape index (κ3) is 5.31. The Bertz CT molecular complexity index is 1380. The van der Waals surface area contributed by atoms with Crippen LogP contribution in [0.15, 0.2) is 64.8 Å². The van der Waals surface area contributed by atoms with E-state index in [-0.39, 0.29) is 17.8 Å². The summed E-state index contributed by atoms with van der Waals surface area (Å²) in [4.78, 5) is 12.7. The third-order valence-electron chi connectivity index (χ3n) is 6.10. The van der Waals surface area contributed by atoms with Crippen molar-refractivity contribution >= 4 is 27.7 Å². The molecule has 4 nitrogen and oxygen atoms in total. The molecular weight excluding hydrogens is 609 g/mol.